The Morgan fingerprint density at radius 2 is 1.42 bits per heavy atom. The minimum absolute atomic E-state index is 0.0369. The maximum absolute atomic E-state index is 13.8. The van der Waals surface area contributed by atoms with Crippen LogP contribution in [0.25, 0.3) is 16.7 Å². The lowest BCUT2D eigenvalue weighted by atomic mass is 10.1. The Morgan fingerprint density at radius 1 is 0.839 bits per heavy atom. The van der Waals surface area contributed by atoms with Gasteiger partial charge in [0, 0.05) is 5.69 Å². The quantitative estimate of drug-likeness (QED) is 0.283. The van der Waals surface area contributed by atoms with E-state index in [1.807, 2.05) is 31.2 Å². The maximum Gasteiger partial charge on any atom is 0.261 e. The smallest absolute Gasteiger partial charge is 0.261 e. The summed E-state index contributed by atoms with van der Waals surface area (Å²) in [6.45, 7) is 2.03. The van der Waals surface area contributed by atoms with E-state index >= 15 is 0 Å². The van der Waals surface area contributed by atoms with E-state index in [0.29, 0.717) is 16.7 Å². The minimum atomic E-state index is -2.34. The molecule has 158 valence electrons. The minimum Gasteiger partial charge on any atom is -0.322 e. The highest BCUT2D eigenvalue weighted by Gasteiger charge is 2.29. The molecule has 0 saturated carbocycles. The monoisotopic (exact) mass is 432 g/mol. The molecule has 31 heavy (non-hydrogen) atoms. The second-order valence-electron chi connectivity index (χ2n) is 6.61. The molecule has 0 spiro atoms. The summed E-state index contributed by atoms with van der Waals surface area (Å²) in [6, 6.07) is 11.8. The van der Waals surface area contributed by atoms with Gasteiger partial charge >= 0.3 is 0 Å². The standard InChI is InChI=1S/C21H13F5N4O/c1-2-10-3-6-12(7-4-10)30-28-13-8-5-11(9-14(13)29-30)27-21(31)15-16(22)18(24)20(26)19(25)17(15)23/h3-9H,2H2,1H3,(H,27,31). The fourth-order valence-corrected chi connectivity index (χ4v) is 2.97. The molecule has 0 aliphatic rings. The molecule has 5 nitrogen and oxygen atoms in total. The van der Waals surface area contributed by atoms with Crippen molar-refractivity contribution in [1.29, 1.82) is 0 Å². The molecule has 4 aromatic rings. The van der Waals surface area contributed by atoms with Gasteiger partial charge in [0.1, 0.15) is 16.6 Å². The molecule has 1 heterocycles. The van der Waals surface area contributed by atoms with Crippen LogP contribution in [0, 0.1) is 29.1 Å². The lowest BCUT2D eigenvalue weighted by Crippen LogP contribution is -2.19. The third kappa shape index (κ3) is 3.60. The molecule has 10 heteroatoms. The number of nitrogens with one attached hydrogen (secondary N) is 1. The number of carbonyl (C=O) groups is 1. The molecular weight excluding hydrogens is 419 g/mol. The average molecular weight is 432 g/mol. The van der Waals surface area contributed by atoms with Gasteiger partial charge in [-0.15, -0.1) is 10.2 Å². The van der Waals surface area contributed by atoms with Crippen molar-refractivity contribution < 1.29 is 26.7 Å². The van der Waals surface area contributed by atoms with Crippen molar-refractivity contribution in [2.45, 2.75) is 13.3 Å². The highest BCUT2D eigenvalue weighted by atomic mass is 19.2. The predicted molar refractivity (Wildman–Crippen MR) is 102 cm³/mol. The fourth-order valence-electron chi connectivity index (χ4n) is 2.97. The van der Waals surface area contributed by atoms with Crippen LogP contribution in [0.15, 0.2) is 42.5 Å². The van der Waals surface area contributed by atoms with Crippen LogP contribution in [0.5, 0.6) is 0 Å². The number of aromatic nitrogens is 3. The molecule has 1 N–H and O–H groups in total. The van der Waals surface area contributed by atoms with Crippen LogP contribution in [-0.2, 0) is 6.42 Å². The zero-order valence-corrected chi connectivity index (χ0v) is 15.9. The lowest BCUT2D eigenvalue weighted by molar-refractivity contribution is 0.101. The number of anilines is 1. The second kappa shape index (κ2) is 7.78. The van der Waals surface area contributed by atoms with Crippen LogP contribution in [0.2, 0.25) is 0 Å². The first-order valence-corrected chi connectivity index (χ1v) is 9.09. The number of hydrogen-bond donors (Lipinski definition) is 1. The van der Waals surface area contributed by atoms with Gasteiger partial charge in [0.05, 0.1) is 5.69 Å². The molecular formula is C21H13F5N4O. The Bertz CT molecular complexity index is 1290. The van der Waals surface area contributed by atoms with Crippen molar-refractivity contribution in [2.24, 2.45) is 0 Å². The summed E-state index contributed by atoms with van der Waals surface area (Å²) in [5.41, 5.74) is 1.11. The van der Waals surface area contributed by atoms with E-state index in [9.17, 15) is 26.7 Å². The van der Waals surface area contributed by atoms with Crippen molar-refractivity contribution in [2.75, 3.05) is 5.32 Å². The van der Waals surface area contributed by atoms with E-state index in [4.69, 9.17) is 0 Å². The van der Waals surface area contributed by atoms with Crippen LogP contribution in [0.4, 0.5) is 27.6 Å². The van der Waals surface area contributed by atoms with E-state index < -0.39 is 40.6 Å². The van der Waals surface area contributed by atoms with Gasteiger partial charge in [0.2, 0.25) is 5.82 Å². The van der Waals surface area contributed by atoms with E-state index in [2.05, 4.69) is 15.5 Å². The molecule has 0 aliphatic carbocycles. The average Bonchev–Trinajstić information content (AvgIpc) is 3.20. The lowest BCUT2D eigenvalue weighted by Gasteiger charge is -2.09. The molecule has 1 amide bonds. The van der Waals surface area contributed by atoms with Gasteiger partial charge in [-0.2, -0.15) is 4.80 Å². The highest BCUT2D eigenvalue weighted by molar-refractivity contribution is 6.05. The van der Waals surface area contributed by atoms with Crippen molar-refractivity contribution in [1.82, 2.24) is 15.0 Å². The van der Waals surface area contributed by atoms with E-state index in [-0.39, 0.29) is 5.69 Å². The van der Waals surface area contributed by atoms with Gasteiger partial charge in [0.15, 0.2) is 23.3 Å². The fraction of sp³-hybridized carbons (Fsp3) is 0.0952. The highest BCUT2D eigenvalue weighted by Crippen LogP contribution is 2.25. The number of hydrogen-bond acceptors (Lipinski definition) is 3. The summed E-state index contributed by atoms with van der Waals surface area (Å²) in [5, 5.41) is 10.7. The largest absolute Gasteiger partial charge is 0.322 e. The molecule has 0 radical (unpaired) electrons. The Kier molecular flexibility index (Phi) is 5.14. The zero-order valence-electron chi connectivity index (χ0n) is 15.9. The molecule has 3 aromatic carbocycles. The number of fused-ring (bicyclic) bond motifs is 1. The molecule has 0 unspecified atom stereocenters. The van der Waals surface area contributed by atoms with Crippen molar-refractivity contribution in [3.05, 3.63) is 82.7 Å². The first-order valence-electron chi connectivity index (χ1n) is 9.09. The van der Waals surface area contributed by atoms with Crippen molar-refractivity contribution in [3.63, 3.8) is 0 Å². The first-order chi connectivity index (χ1) is 14.8. The van der Waals surface area contributed by atoms with Crippen LogP contribution in [0.3, 0.4) is 0 Å². The van der Waals surface area contributed by atoms with Crippen LogP contribution < -0.4 is 5.32 Å². The maximum atomic E-state index is 13.8. The number of amides is 1. The molecule has 0 saturated heterocycles. The molecule has 0 atom stereocenters. The molecule has 0 fully saturated rings. The summed E-state index contributed by atoms with van der Waals surface area (Å²) < 4.78 is 67.6. The number of halogens is 5. The van der Waals surface area contributed by atoms with E-state index in [0.717, 1.165) is 12.0 Å². The number of rotatable bonds is 4. The molecule has 0 bridgehead atoms. The number of aryl methyl sites for hydroxylation is 1. The van der Waals surface area contributed by atoms with Crippen LogP contribution >= 0.6 is 0 Å². The van der Waals surface area contributed by atoms with Gasteiger partial charge in [0.25, 0.3) is 5.91 Å². The zero-order chi connectivity index (χ0) is 22.3. The summed E-state index contributed by atoms with van der Waals surface area (Å²) in [6.07, 6.45) is 0.876. The third-order valence-electron chi connectivity index (χ3n) is 4.65. The Labute approximate surface area is 172 Å². The summed E-state index contributed by atoms with van der Waals surface area (Å²) >= 11 is 0. The Hall–Kier alpha value is -3.82. The number of carbonyl (C=O) groups excluding carboxylic acids is 1. The number of nitrogens with zero attached hydrogens (tertiary/aromatic N) is 3. The molecule has 4 rings (SSSR count). The summed E-state index contributed by atoms with van der Waals surface area (Å²) in [5.74, 6) is -12.6. The Morgan fingerprint density at radius 3 is 2.03 bits per heavy atom. The first kappa shape index (κ1) is 20.5. The topological polar surface area (TPSA) is 59.8 Å². The third-order valence-corrected chi connectivity index (χ3v) is 4.65. The molecule has 1 aromatic heterocycles. The van der Waals surface area contributed by atoms with Gasteiger partial charge in [-0.25, -0.2) is 22.0 Å². The predicted octanol–water partition coefficient (Wildman–Crippen LogP) is 4.93. The van der Waals surface area contributed by atoms with Gasteiger partial charge < -0.3 is 5.32 Å². The van der Waals surface area contributed by atoms with Gasteiger partial charge in [-0.3, -0.25) is 4.79 Å². The molecule has 0 aliphatic heterocycles. The van der Waals surface area contributed by atoms with E-state index in [1.165, 1.54) is 23.0 Å². The van der Waals surface area contributed by atoms with Gasteiger partial charge in [-0.1, -0.05) is 19.1 Å². The summed E-state index contributed by atoms with van der Waals surface area (Å²) in [4.78, 5) is 13.6. The van der Waals surface area contributed by atoms with Crippen molar-refractivity contribution in [3.8, 4) is 5.69 Å². The van der Waals surface area contributed by atoms with Gasteiger partial charge in [-0.05, 0) is 42.3 Å². The van der Waals surface area contributed by atoms with Crippen LogP contribution in [0.1, 0.15) is 22.8 Å². The second-order valence-corrected chi connectivity index (χ2v) is 6.61. The number of benzene rings is 3. The van der Waals surface area contributed by atoms with E-state index in [1.54, 1.807) is 0 Å². The normalized spacial score (nSPS) is 11.2. The summed E-state index contributed by atoms with van der Waals surface area (Å²) in [7, 11) is 0. The SMILES string of the molecule is CCc1ccc(-n2nc3ccc(NC(=O)c4c(F)c(F)c(F)c(F)c4F)cc3n2)cc1. The van der Waals surface area contributed by atoms with Crippen molar-refractivity contribution >= 4 is 22.6 Å². The Balaban J connectivity index is 1.64. The van der Waals surface area contributed by atoms with Crippen LogP contribution in [-0.4, -0.2) is 20.9 Å².